The first-order chi connectivity index (χ1) is 11.1. The van der Waals surface area contributed by atoms with Gasteiger partial charge in [-0.25, -0.2) is 9.78 Å². The van der Waals surface area contributed by atoms with E-state index in [9.17, 15) is 4.79 Å². The lowest BCUT2D eigenvalue weighted by Gasteiger charge is -2.43. The molecule has 0 unspecified atom stereocenters. The average Bonchev–Trinajstić information content (AvgIpc) is 2.45. The number of halogens is 1. The molecule has 0 spiro atoms. The number of piperidine rings is 1. The van der Waals surface area contributed by atoms with Gasteiger partial charge in [-0.2, -0.15) is 0 Å². The summed E-state index contributed by atoms with van der Waals surface area (Å²) >= 11 is 3.48. The number of nitrogens with zero attached hydrogens (tertiary/aromatic N) is 3. The van der Waals surface area contributed by atoms with Gasteiger partial charge in [0.25, 0.3) is 0 Å². The fourth-order valence-electron chi connectivity index (χ4n) is 3.25. The van der Waals surface area contributed by atoms with E-state index in [1.54, 1.807) is 0 Å². The summed E-state index contributed by atoms with van der Waals surface area (Å²) in [4.78, 5) is 21.0. The second-order valence-corrected chi connectivity index (χ2v) is 8.64. The third-order valence-electron chi connectivity index (χ3n) is 4.25. The number of rotatable bonds is 3. The van der Waals surface area contributed by atoms with Gasteiger partial charge in [0.05, 0.1) is 0 Å². The van der Waals surface area contributed by atoms with Gasteiger partial charge < -0.3 is 14.5 Å². The fourth-order valence-corrected chi connectivity index (χ4v) is 3.59. The van der Waals surface area contributed by atoms with Crippen molar-refractivity contribution < 1.29 is 9.53 Å². The summed E-state index contributed by atoms with van der Waals surface area (Å²) in [6.07, 6.45) is 1.55. The maximum absolute atomic E-state index is 12.3. The number of carbonyl (C=O) groups is 1. The van der Waals surface area contributed by atoms with Gasteiger partial charge in [0.15, 0.2) is 0 Å². The molecule has 0 saturated carbocycles. The molecule has 24 heavy (non-hydrogen) atoms. The molecular weight excluding hydrogens is 370 g/mol. The largest absolute Gasteiger partial charge is 0.444 e. The molecule has 1 saturated heterocycles. The highest BCUT2D eigenvalue weighted by Gasteiger charge is 2.40. The molecule has 1 aliphatic heterocycles. The molecule has 0 radical (unpaired) electrons. The number of aromatic nitrogens is 1. The third kappa shape index (κ3) is 4.93. The van der Waals surface area contributed by atoms with Crippen LogP contribution in [0.1, 0.15) is 39.3 Å². The monoisotopic (exact) mass is 397 g/mol. The van der Waals surface area contributed by atoms with Gasteiger partial charge in [0.1, 0.15) is 10.2 Å². The Morgan fingerprint density at radius 1 is 1.33 bits per heavy atom. The van der Waals surface area contributed by atoms with Gasteiger partial charge in [-0.3, -0.25) is 0 Å². The fraction of sp³-hybridized carbons (Fsp3) is 0.667. The summed E-state index contributed by atoms with van der Waals surface area (Å²) in [5, 5.41) is 0. The van der Waals surface area contributed by atoms with E-state index in [-0.39, 0.29) is 11.5 Å². The maximum Gasteiger partial charge on any atom is 0.410 e. The number of hydrogen-bond donors (Lipinski definition) is 0. The summed E-state index contributed by atoms with van der Waals surface area (Å²) in [7, 11) is 4.17. The van der Waals surface area contributed by atoms with Crippen LogP contribution < -0.4 is 0 Å². The molecule has 1 fully saturated rings. The van der Waals surface area contributed by atoms with Gasteiger partial charge in [-0.05, 0) is 75.8 Å². The minimum absolute atomic E-state index is 0.0359. The summed E-state index contributed by atoms with van der Waals surface area (Å²) in [5.41, 5.74) is 0.599. The summed E-state index contributed by atoms with van der Waals surface area (Å²) in [6, 6.07) is 6.07. The zero-order valence-electron chi connectivity index (χ0n) is 15.3. The molecule has 2 heterocycles. The molecule has 0 aliphatic carbocycles. The Bertz CT molecular complexity index is 576. The quantitative estimate of drug-likeness (QED) is 0.729. The van der Waals surface area contributed by atoms with Crippen LogP contribution in [0.15, 0.2) is 22.8 Å². The number of likely N-dealkylation sites (tertiary alicyclic amines) is 1. The van der Waals surface area contributed by atoms with E-state index in [1.807, 2.05) is 37.8 Å². The molecule has 0 atom stereocenters. The van der Waals surface area contributed by atoms with Crippen LogP contribution in [0.3, 0.4) is 0 Å². The van der Waals surface area contributed by atoms with E-state index in [4.69, 9.17) is 9.72 Å². The first-order valence-electron chi connectivity index (χ1n) is 8.37. The summed E-state index contributed by atoms with van der Waals surface area (Å²) < 4.78 is 6.36. The number of carbonyl (C=O) groups excluding carboxylic acids is 1. The Balaban J connectivity index is 2.15. The highest BCUT2D eigenvalue weighted by atomic mass is 79.9. The van der Waals surface area contributed by atoms with Crippen LogP contribution >= 0.6 is 15.9 Å². The molecule has 0 aromatic carbocycles. The topological polar surface area (TPSA) is 45.7 Å². The normalized spacial score (nSPS) is 17.9. The lowest BCUT2D eigenvalue weighted by atomic mass is 9.75. The van der Waals surface area contributed by atoms with E-state index in [0.717, 1.165) is 29.7 Å². The first-order valence-corrected chi connectivity index (χ1v) is 9.16. The average molecular weight is 398 g/mol. The van der Waals surface area contributed by atoms with Crippen LogP contribution in [0.4, 0.5) is 4.79 Å². The summed E-state index contributed by atoms with van der Waals surface area (Å²) in [5.74, 6) is 0. The second kappa shape index (κ2) is 7.40. The minimum Gasteiger partial charge on any atom is -0.444 e. The first kappa shape index (κ1) is 19.2. The molecule has 1 amide bonds. The van der Waals surface area contributed by atoms with Crippen molar-refractivity contribution in [3.63, 3.8) is 0 Å². The van der Waals surface area contributed by atoms with Crippen molar-refractivity contribution in [1.29, 1.82) is 0 Å². The van der Waals surface area contributed by atoms with E-state index in [1.165, 1.54) is 0 Å². The van der Waals surface area contributed by atoms with Gasteiger partial charge in [0, 0.05) is 30.7 Å². The van der Waals surface area contributed by atoms with E-state index >= 15 is 0 Å². The molecule has 0 N–H and O–H groups in total. The molecule has 6 heteroatoms. The Kier molecular flexibility index (Phi) is 5.91. The standard InChI is InChI=1S/C18H28BrN3O2/c1-17(2,3)24-16(23)22-11-9-18(10-12-22,13-21(4)5)14-7-6-8-15(19)20-14/h6-8H,9-13H2,1-5H3. The smallest absolute Gasteiger partial charge is 0.410 e. The van der Waals surface area contributed by atoms with E-state index in [0.29, 0.717) is 13.1 Å². The van der Waals surface area contributed by atoms with Crippen LogP contribution in [-0.4, -0.2) is 60.2 Å². The Labute approximate surface area is 153 Å². The van der Waals surface area contributed by atoms with Crippen molar-refractivity contribution in [2.24, 2.45) is 0 Å². The predicted molar refractivity (Wildman–Crippen MR) is 99.2 cm³/mol. The maximum atomic E-state index is 12.3. The van der Waals surface area contributed by atoms with Crippen LogP contribution in [0.25, 0.3) is 0 Å². The van der Waals surface area contributed by atoms with Crippen LogP contribution in [0.5, 0.6) is 0 Å². The van der Waals surface area contributed by atoms with Gasteiger partial charge >= 0.3 is 6.09 Å². The van der Waals surface area contributed by atoms with Gasteiger partial charge in [0.2, 0.25) is 0 Å². The molecule has 1 aromatic rings. The van der Waals surface area contributed by atoms with E-state index in [2.05, 4.69) is 41.0 Å². The number of ether oxygens (including phenoxy) is 1. The Morgan fingerprint density at radius 3 is 2.46 bits per heavy atom. The molecule has 1 aliphatic rings. The SMILES string of the molecule is CN(C)CC1(c2cccc(Br)n2)CCN(C(=O)OC(C)(C)C)CC1. The number of likely N-dealkylation sites (N-methyl/N-ethyl adjacent to an activating group) is 1. The lowest BCUT2D eigenvalue weighted by Crippen LogP contribution is -2.50. The van der Waals surface area contributed by atoms with Crippen LogP contribution in [-0.2, 0) is 10.2 Å². The van der Waals surface area contributed by atoms with Crippen molar-refractivity contribution in [3.8, 4) is 0 Å². The molecule has 2 rings (SSSR count). The van der Waals surface area contributed by atoms with Gasteiger partial charge in [-0.1, -0.05) is 6.07 Å². The van der Waals surface area contributed by atoms with Crippen molar-refractivity contribution in [2.45, 2.75) is 44.6 Å². The van der Waals surface area contributed by atoms with Crippen molar-refractivity contribution in [1.82, 2.24) is 14.8 Å². The van der Waals surface area contributed by atoms with E-state index < -0.39 is 5.60 Å². The van der Waals surface area contributed by atoms with Crippen LogP contribution in [0.2, 0.25) is 0 Å². The van der Waals surface area contributed by atoms with Gasteiger partial charge in [-0.15, -0.1) is 0 Å². The lowest BCUT2D eigenvalue weighted by molar-refractivity contribution is 0.0147. The van der Waals surface area contributed by atoms with Crippen LogP contribution in [0, 0.1) is 0 Å². The highest BCUT2D eigenvalue weighted by Crippen LogP contribution is 2.36. The Hall–Kier alpha value is -1.14. The van der Waals surface area contributed by atoms with Crippen molar-refractivity contribution in [3.05, 3.63) is 28.5 Å². The van der Waals surface area contributed by atoms with Crippen molar-refractivity contribution in [2.75, 3.05) is 33.7 Å². The highest BCUT2D eigenvalue weighted by molar-refractivity contribution is 9.10. The molecule has 134 valence electrons. The predicted octanol–water partition coefficient (Wildman–Crippen LogP) is 3.67. The molecule has 1 aromatic heterocycles. The number of hydrogen-bond acceptors (Lipinski definition) is 4. The minimum atomic E-state index is -0.457. The number of pyridine rings is 1. The zero-order valence-corrected chi connectivity index (χ0v) is 16.9. The molecular formula is C18H28BrN3O2. The number of amides is 1. The molecule has 5 nitrogen and oxygen atoms in total. The Morgan fingerprint density at radius 2 is 1.96 bits per heavy atom. The zero-order chi connectivity index (χ0) is 18.0. The summed E-state index contributed by atoms with van der Waals surface area (Å²) in [6.45, 7) is 8.00. The molecule has 0 bridgehead atoms. The van der Waals surface area contributed by atoms with Crippen molar-refractivity contribution >= 4 is 22.0 Å². The second-order valence-electron chi connectivity index (χ2n) is 7.83. The third-order valence-corrected chi connectivity index (χ3v) is 4.69.